The van der Waals surface area contributed by atoms with Crippen molar-refractivity contribution in [3.63, 3.8) is 0 Å². The summed E-state index contributed by atoms with van der Waals surface area (Å²) in [6.45, 7) is 5.91. The van der Waals surface area contributed by atoms with Crippen LogP contribution in [0.2, 0.25) is 6.82 Å². The van der Waals surface area contributed by atoms with Crippen molar-refractivity contribution >= 4 is 36.3 Å². The number of carbonyl (C=O) groups excluding carboxylic acids is 3. The van der Waals surface area contributed by atoms with Gasteiger partial charge in [0.2, 0.25) is 11.8 Å². The maximum atomic E-state index is 15.0. The molecule has 0 saturated carbocycles. The number of anilines is 1. The summed E-state index contributed by atoms with van der Waals surface area (Å²) in [5, 5.41) is 4.45. The number of benzene rings is 1. The number of imide groups is 2. The predicted molar refractivity (Wildman–Crippen MR) is 98.0 cm³/mol. The molecule has 3 aliphatic heterocycles. The van der Waals surface area contributed by atoms with E-state index in [0.717, 1.165) is 5.46 Å². The third-order valence-electron chi connectivity index (χ3n) is 5.82. The molecular formula is C18H21BFN3O4. The van der Waals surface area contributed by atoms with Crippen LogP contribution < -0.4 is 21.0 Å². The second kappa shape index (κ2) is 6.05. The number of morpholine rings is 1. The number of fused-ring (bicyclic) bond motifs is 4. The Labute approximate surface area is 156 Å². The van der Waals surface area contributed by atoms with Crippen molar-refractivity contribution in [1.29, 1.82) is 0 Å². The molecule has 7 nitrogen and oxygen atoms in total. The average Bonchev–Trinajstić information content (AvgIpc) is 2.58. The van der Waals surface area contributed by atoms with E-state index >= 15 is 4.39 Å². The van der Waals surface area contributed by atoms with E-state index in [-0.39, 0.29) is 18.3 Å². The molecule has 0 unspecified atom stereocenters. The van der Waals surface area contributed by atoms with Crippen LogP contribution in [0.4, 0.5) is 14.9 Å². The summed E-state index contributed by atoms with van der Waals surface area (Å²) in [4.78, 5) is 39.3. The number of urea groups is 1. The highest BCUT2D eigenvalue weighted by Gasteiger charge is 2.63. The Morgan fingerprint density at radius 2 is 1.89 bits per heavy atom. The van der Waals surface area contributed by atoms with E-state index in [1.165, 1.54) is 6.07 Å². The number of hydrogen-bond donors (Lipinski definition) is 2. The highest BCUT2D eigenvalue weighted by Crippen LogP contribution is 2.47. The van der Waals surface area contributed by atoms with E-state index in [1.807, 2.05) is 19.8 Å². The van der Waals surface area contributed by atoms with Crippen molar-refractivity contribution in [2.75, 3.05) is 11.4 Å². The van der Waals surface area contributed by atoms with Gasteiger partial charge in [-0.05, 0) is 31.9 Å². The van der Waals surface area contributed by atoms with Gasteiger partial charge in [0.1, 0.15) is 5.82 Å². The van der Waals surface area contributed by atoms with Crippen LogP contribution in [0.5, 0.6) is 0 Å². The smallest absolute Gasteiger partial charge is 0.328 e. The SMILES string of the molecule is CBc1cc(F)c2c(c1)CC1(C(=O)NC(=O)NC1=O)[C@H]1[C@H](C)O[C@H](C)CN21. The lowest BCUT2D eigenvalue weighted by atomic mass is 9.65. The highest BCUT2D eigenvalue weighted by molar-refractivity contribution is 6.52. The number of rotatable bonds is 1. The van der Waals surface area contributed by atoms with Crippen LogP contribution in [-0.4, -0.2) is 49.9 Å². The Kier molecular flexibility index (Phi) is 4.03. The molecule has 3 heterocycles. The number of amides is 4. The minimum atomic E-state index is -1.56. The number of barbiturate groups is 1. The van der Waals surface area contributed by atoms with E-state index < -0.39 is 35.4 Å². The zero-order valence-electron chi connectivity index (χ0n) is 15.5. The van der Waals surface area contributed by atoms with Gasteiger partial charge in [0.05, 0.1) is 23.9 Å². The van der Waals surface area contributed by atoms with Crippen LogP contribution in [-0.2, 0) is 20.7 Å². The molecule has 3 aliphatic rings. The molecule has 0 aliphatic carbocycles. The lowest BCUT2D eigenvalue weighted by molar-refractivity contribution is -0.153. The van der Waals surface area contributed by atoms with Gasteiger partial charge in [-0.15, -0.1) is 0 Å². The standard InChI is InChI=1S/C18H21BFN3O4/c1-8-7-23-13-10(4-11(19-3)5-12(13)20)6-18(14(23)9(2)27-8)15(24)21-17(26)22-16(18)25/h4-5,8-9,14,19H,6-7H2,1-3H3,(H2,21,22,24,25,26)/t8-,9+,14-/m1/s1. The molecule has 0 bridgehead atoms. The van der Waals surface area contributed by atoms with Crippen molar-refractivity contribution in [1.82, 2.24) is 10.6 Å². The van der Waals surface area contributed by atoms with Gasteiger partial charge in [-0.2, -0.15) is 0 Å². The number of carbonyl (C=O) groups is 3. The van der Waals surface area contributed by atoms with Gasteiger partial charge >= 0.3 is 6.03 Å². The molecule has 3 atom stereocenters. The molecule has 9 heteroatoms. The van der Waals surface area contributed by atoms with Gasteiger partial charge in [-0.25, -0.2) is 9.18 Å². The Balaban J connectivity index is 1.95. The molecule has 0 radical (unpaired) electrons. The molecular weight excluding hydrogens is 352 g/mol. The first-order valence-corrected chi connectivity index (χ1v) is 9.18. The fourth-order valence-electron chi connectivity index (χ4n) is 4.80. The normalized spacial score (nSPS) is 29.0. The Bertz CT molecular complexity index is 841. The van der Waals surface area contributed by atoms with E-state index in [1.54, 1.807) is 11.8 Å². The molecule has 27 heavy (non-hydrogen) atoms. The Morgan fingerprint density at radius 1 is 1.22 bits per heavy atom. The van der Waals surface area contributed by atoms with Gasteiger partial charge < -0.3 is 9.64 Å². The van der Waals surface area contributed by atoms with Crippen molar-refractivity contribution < 1.29 is 23.5 Å². The minimum absolute atomic E-state index is 0.0152. The molecule has 2 N–H and O–H groups in total. The first-order valence-electron chi connectivity index (χ1n) is 9.18. The van der Waals surface area contributed by atoms with Crippen molar-refractivity contribution in [3.8, 4) is 0 Å². The van der Waals surface area contributed by atoms with E-state index in [4.69, 9.17) is 4.74 Å². The highest BCUT2D eigenvalue weighted by atomic mass is 19.1. The van der Waals surface area contributed by atoms with Crippen LogP contribution in [0.25, 0.3) is 0 Å². The van der Waals surface area contributed by atoms with Crippen molar-refractivity contribution in [2.45, 2.75) is 45.3 Å². The summed E-state index contributed by atoms with van der Waals surface area (Å²) in [7, 11) is 0.632. The summed E-state index contributed by atoms with van der Waals surface area (Å²) in [5.41, 5.74) is 0.257. The summed E-state index contributed by atoms with van der Waals surface area (Å²) in [6, 6.07) is 1.80. The summed E-state index contributed by atoms with van der Waals surface area (Å²) in [6.07, 6.45) is -0.681. The molecule has 1 spiro atoms. The van der Waals surface area contributed by atoms with Gasteiger partial charge in [0.25, 0.3) is 0 Å². The number of halogens is 1. The van der Waals surface area contributed by atoms with Crippen molar-refractivity contribution in [3.05, 3.63) is 23.5 Å². The molecule has 142 valence electrons. The second-order valence-electron chi connectivity index (χ2n) is 7.57. The molecule has 4 rings (SSSR count). The largest absolute Gasteiger partial charge is 0.372 e. The van der Waals surface area contributed by atoms with E-state index in [0.29, 0.717) is 25.1 Å². The van der Waals surface area contributed by atoms with Crippen LogP contribution in [0, 0.1) is 11.2 Å². The van der Waals surface area contributed by atoms with Crippen molar-refractivity contribution in [2.24, 2.45) is 5.41 Å². The molecule has 2 fully saturated rings. The first-order chi connectivity index (χ1) is 12.8. The van der Waals surface area contributed by atoms with Crippen LogP contribution in [0.15, 0.2) is 12.1 Å². The van der Waals surface area contributed by atoms with Crippen LogP contribution in [0.1, 0.15) is 19.4 Å². The quantitative estimate of drug-likeness (QED) is 0.527. The summed E-state index contributed by atoms with van der Waals surface area (Å²) >= 11 is 0. The number of nitrogens with zero attached hydrogens (tertiary/aromatic N) is 1. The fraction of sp³-hybridized carbons (Fsp3) is 0.500. The number of ether oxygens (including phenoxy) is 1. The maximum Gasteiger partial charge on any atom is 0.328 e. The Hall–Kier alpha value is -2.42. The monoisotopic (exact) mass is 373 g/mol. The zero-order chi connectivity index (χ0) is 19.5. The maximum absolute atomic E-state index is 15.0. The van der Waals surface area contributed by atoms with Gasteiger partial charge in [-0.3, -0.25) is 20.2 Å². The number of nitrogens with one attached hydrogen (secondary N) is 2. The average molecular weight is 373 g/mol. The molecule has 1 aromatic carbocycles. The van der Waals surface area contributed by atoms with E-state index in [9.17, 15) is 14.4 Å². The summed E-state index contributed by atoms with van der Waals surface area (Å²) < 4.78 is 20.9. The van der Waals surface area contributed by atoms with Gasteiger partial charge in [0, 0.05) is 6.54 Å². The zero-order valence-corrected chi connectivity index (χ0v) is 15.5. The summed E-state index contributed by atoms with van der Waals surface area (Å²) in [5.74, 6) is -1.69. The first kappa shape index (κ1) is 18.0. The Morgan fingerprint density at radius 3 is 2.52 bits per heavy atom. The molecule has 4 amide bonds. The molecule has 1 aromatic rings. The van der Waals surface area contributed by atoms with Gasteiger partial charge in [-0.1, -0.05) is 18.4 Å². The van der Waals surface area contributed by atoms with E-state index in [2.05, 4.69) is 10.6 Å². The second-order valence-corrected chi connectivity index (χ2v) is 7.57. The molecule has 0 aromatic heterocycles. The fourth-order valence-corrected chi connectivity index (χ4v) is 4.80. The minimum Gasteiger partial charge on any atom is -0.372 e. The van der Waals surface area contributed by atoms with Gasteiger partial charge in [0.15, 0.2) is 12.7 Å². The lowest BCUT2D eigenvalue weighted by Gasteiger charge is -2.55. The number of hydrogen-bond acceptors (Lipinski definition) is 5. The van der Waals surface area contributed by atoms with Crippen LogP contribution in [0.3, 0.4) is 0 Å². The third kappa shape index (κ3) is 2.48. The predicted octanol–water partition coefficient (Wildman–Crippen LogP) is -0.174. The lowest BCUT2D eigenvalue weighted by Crippen LogP contribution is -2.75. The topological polar surface area (TPSA) is 87.7 Å². The van der Waals surface area contributed by atoms with Crippen LogP contribution >= 0.6 is 0 Å². The third-order valence-corrected chi connectivity index (χ3v) is 5.82. The molecule has 2 saturated heterocycles.